The van der Waals surface area contributed by atoms with E-state index in [9.17, 15) is 4.79 Å². The molecule has 1 aromatic rings. The molecule has 3 rings (SSSR count). The van der Waals surface area contributed by atoms with Gasteiger partial charge in [-0.2, -0.15) is 0 Å². The second kappa shape index (κ2) is 7.73. The minimum atomic E-state index is 0.240. The van der Waals surface area contributed by atoms with Crippen molar-refractivity contribution in [3.05, 3.63) is 18.5 Å². The molecule has 0 spiro atoms. The number of anilines is 1. The number of hydrogen-bond donors (Lipinski definition) is 0. The summed E-state index contributed by atoms with van der Waals surface area (Å²) in [6.45, 7) is 4.39. The molecule has 1 atom stereocenters. The van der Waals surface area contributed by atoms with Crippen LogP contribution in [0.25, 0.3) is 0 Å². The lowest BCUT2D eigenvalue weighted by Crippen LogP contribution is -2.38. The predicted molar refractivity (Wildman–Crippen MR) is 88.1 cm³/mol. The number of carbonyl (C=O) groups excluding carboxylic acids is 1. The average Bonchev–Trinajstić information content (AvgIpc) is 3.11. The molecule has 0 bridgehead atoms. The maximum atomic E-state index is 12.1. The minimum absolute atomic E-state index is 0.240. The van der Waals surface area contributed by atoms with Crippen LogP contribution in [0.5, 0.6) is 0 Å². The van der Waals surface area contributed by atoms with Crippen molar-refractivity contribution in [2.75, 3.05) is 44.8 Å². The zero-order valence-corrected chi connectivity index (χ0v) is 13.9. The van der Waals surface area contributed by atoms with E-state index in [4.69, 9.17) is 4.74 Å². The summed E-state index contributed by atoms with van der Waals surface area (Å²) >= 11 is 0. The number of nitrogens with zero attached hydrogens (tertiary/aromatic N) is 4. The SMILES string of the molecule is COCCC(=O)N1CCC(C2CCN(c3ncccn3)CC2)C1. The van der Waals surface area contributed by atoms with E-state index in [1.807, 2.05) is 11.0 Å². The van der Waals surface area contributed by atoms with Crippen LogP contribution in [0.15, 0.2) is 18.5 Å². The number of methoxy groups -OCH3 is 1. The highest BCUT2D eigenvalue weighted by Crippen LogP contribution is 2.32. The molecular formula is C17H26N4O2. The fraction of sp³-hybridized carbons (Fsp3) is 0.706. The van der Waals surface area contributed by atoms with E-state index in [-0.39, 0.29) is 5.91 Å². The average molecular weight is 318 g/mol. The Morgan fingerprint density at radius 1 is 1.17 bits per heavy atom. The van der Waals surface area contributed by atoms with E-state index in [0.29, 0.717) is 18.9 Å². The van der Waals surface area contributed by atoms with Crippen molar-refractivity contribution < 1.29 is 9.53 Å². The van der Waals surface area contributed by atoms with E-state index >= 15 is 0 Å². The van der Waals surface area contributed by atoms with Gasteiger partial charge in [-0.25, -0.2) is 9.97 Å². The molecule has 2 aliphatic rings. The van der Waals surface area contributed by atoms with E-state index in [0.717, 1.165) is 44.5 Å². The molecule has 0 saturated carbocycles. The molecule has 23 heavy (non-hydrogen) atoms. The normalized spacial score (nSPS) is 22.6. The molecule has 1 unspecified atom stereocenters. The maximum absolute atomic E-state index is 12.1. The van der Waals surface area contributed by atoms with E-state index < -0.39 is 0 Å². The highest BCUT2D eigenvalue weighted by atomic mass is 16.5. The molecule has 1 amide bonds. The van der Waals surface area contributed by atoms with Crippen LogP contribution in [0.2, 0.25) is 0 Å². The van der Waals surface area contributed by atoms with Crippen molar-refractivity contribution in [3.63, 3.8) is 0 Å². The summed E-state index contributed by atoms with van der Waals surface area (Å²) in [7, 11) is 1.64. The number of likely N-dealkylation sites (tertiary alicyclic amines) is 1. The van der Waals surface area contributed by atoms with Crippen LogP contribution in [0.1, 0.15) is 25.7 Å². The fourth-order valence-corrected chi connectivity index (χ4v) is 3.77. The predicted octanol–water partition coefficient (Wildman–Crippen LogP) is 1.58. The smallest absolute Gasteiger partial charge is 0.225 e. The lowest BCUT2D eigenvalue weighted by Gasteiger charge is -2.34. The monoisotopic (exact) mass is 318 g/mol. The van der Waals surface area contributed by atoms with E-state index in [2.05, 4.69) is 14.9 Å². The summed E-state index contributed by atoms with van der Waals surface area (Å²) in [5.41, 5.74) is 0. The zero-order valence-electron chi connectivity index (χ0n) is 13.9. The molecule has 2 saturated heterocycles. The number of aromatic nitrogens is 2. The Bertz CT molecular complexity index is 503. The third-order valence-corrected chi connectivity index (χ3v) is 5.14. The summed E-state index contributed by atoms with van der Waals surface area (Å²) in [6, 6.07) is 1.85. The summed E-state index contributed by atoms with van der Waals surface area (Å²) in [5.74, 6) is 2.45. The molecule has 6 nitrogen and oxygen atoms in total. The Balaban J connectivity index is 1.46. The molecule has 0 aromatic carbocycles. The lowest BCUT2D eigenvalue weighted by molar-refractivity contribution is -0.131. The molecule has 3 heterocycles. The van der Waals surface area contributed by atoms with Gasteiger partial charge in [0.1, 0.15) is 0 Å². The van der Waals surface area contributed by atoms with Gasteiger partial charge < -0.3 is 14.5 Å². The number of piperidine rings is 1. The lowest BCUT2D eigenvalue weighted by atomic mass is 9.84. The standard InChI is InChI=1S/C17H26N4O2/c1-23-12-6-16(22)21-11-5-15(13-21)14-3-9-20(10-4-14)17-18-7-2-8-19-17/h2,7-8,14-15H,3-6,9-13H2,1H3. The Morgan fingerprint density at radius 3 is 2.57 bits per heavy atom. The third-order valence-electron chi connectivity index (χ3n) is 5.14. The molecule has 6 heteroatoms. The van der Waals surface area contributed by atoms with Gasteiger partial charge in [0.2, 0.25) is 11.9 Å². The molecule has 2 fully saturated rings. The van der Waals surface area contributed by atoms with Crippen LogP contribution in [0.3, 0.4) is 0 Å². The van der Waals surface area contributed by atoms with Crippen LogP contribution in [-0.4, -0.2) is 60.7 Å². The number of rotatable bonds is 5. The molecule has 0 N–H and O–H groups in total. The Morgan fingerprint density at radius 2 is 1.87 bits per heavy atom. The van der Waals surface area contributed by atoms with Crippen molar-refractivity contribution >= 4 is 11.9 Å². The van der Waals surface area contributed by atoms with Gasteiger partial charge in [-0.1, -0.05) is 0 Å². The zero-order chi connectivity index (χ0) is 16.1. The highest BCUT2D eigenvalue weighted by molar-refractivity contribution is 5.76. The van der Waals surface area contributed by atoms with Crippen molar-refractivity contribution in [3.8, 4) is 0 Å². The molecule has 1 aromatic heterocycles. The Labute approximate surface area is 137 Å². The summed E-state index contributed by atoms with van der Waals surface area (Å²) in [4.78, 5) is 25.1. The van der Waals surface area contributed by atoms with Gasteiger partial charge in [-0.05, 0) is 37.2 Å². The van der Waals surface area contributed by atoms with E-state index in [1.165, 1.54) is 12.8 Å². The largest absolute Gasteiger partial charge is 0.384 e. The molecule has 0 radical (unpaired) electrons. The van der Waals surface area contributed by atoms with Crippen LogP contribution in [0.4, 0.5) is 5.95 Å². The van der Waals surface area contributed by atoms with Gasteiger partial charge in [0.25, 0.3) is 0 Å². The quantitative estimate of drug-likeness (QED) is 0.825. The molecule has 2 aliphatic heterocycles. The third kappa shape index (κ3) is 3.99. The Kier molecular flexibility index (Phi) is 5.43. The van der Waals surface area contributed by atoms with Crippen LogP contribution in [0, 0.1) is 11.8 Å². The van der Waals surface area contributed by atoms with Gasteiger partial charge in [0.05, 0.1) is 13.0 Å². The first-order valence-electron chi connectivity index (χ1n) is 8.56. The van der Waals surface area contributed by atoms with Crippen molar-refractivity contribution in [1.29, 1.82) is 0 Å². The number of ether oxygens (including phenoxy) is 1. The second-order valence-electron chi connectivity index (χ2n) is 6.50. The maximum Gasteiger partial charge on any atom is 0.225 e. The fourth-order valence-electron chi connectivity index (χ4n) is 3.77. The van der Waals surface area contributed by atoms with Gasteiger partial charge in [0, 0.05) is 45.7 Å². The topological polar surface area (TPSA) is 58.6 Å². The number of carbonyl (C=O) groups is 1. The Hall–Kier alpha value is -1.69. The van der Waals surface area contributed by atoms with Gasteiger partial charge in [-0.3, -0.25) is 4.79 Å². The molecule has 0 aliphatic carbocycles. The first kappa shape index (κ1) is 16.2. The molecular weight excluding hydrogens is 292 g/mol. The second-order valence-corrected chi connectivity index (χ2v) is 6.50. The summed E-state index contributed by atoms with van der Waals surface area (Å²) in [6.07, 6.45) is 7.59. The molecule has 126 valence electrons. The van der Waals surface area contributed by atoms with Gasteiger partial charge in [0.15, 0.2) is 0 Å². The number of hydrogen-bond acceptors (Lipinski definition) is 5. The van der Waals surface area contributed by atoms with Crippen molar-refractivity contribution in [1.82, 2.24) is 14.9 Å². The van der Waals surface area contributed by atoms with Gasteiger partial charge in [-0.15, -0.1) is 0 Å². The van der Waals surface area contributed by atoms with Crippen molar-refractivity contribution in [2.45, 2.75) is 25.7 Å². The number of amides is 1. The van der Waals surface area contributed by atoms with E-state index in [1.54, 1.807) is 19.5 Å². The van der Waals surface area contributed by atoms with Crippen LogP contribution < -0.4 is 4.90 Å². The highest BCUT2D eigenvalue weighted by Gasteiger charge is 2.33. The first-order valence-corrected chi connectivity index (χ1v) is 8.56. The van der Waals surface area contributed by atoms with Crippen LogP contribution >= 0.6 is 0 Å². The van der Waals surface area contributed by atoms with Gasteiger partial charge >= 0.3 is 0 Å². The van der Waals surface area contributed by atoms with Crippen LogP contribution in [-0.2, 0) is 9.53 Å². The first-order chi connectivity index (χ1) is 11.3. The van der Waals surface area contributed by atoms with Crippen molar-refractivity contribution in [2.24, 2.45) is 11.8 Å². The summed E-state index contributed by atoms with van der Waals surface area (Å²) < 4.78 is 5.00. The summed E-state index contributed by atoms with van der Waals surface area (Å²) in [5, 5.41) is 0. The minimum Gasteiger partial charge on any atom is -0.384 e.